The Bertz CT molecular complexity index is 316. The molecule has 1 aliphatic rings. The highest BCUT2D eigenvalue weighted by atomic mass is 16.2. The Morgan fingerprint density at radius 1 is 1.41 bits per heavy atom. The molecule has 1 rings (SSSR count). The minimum absolute atomic E-state index is 0.126. The molecule has 5 heteroatoms. The molecule has 3 N–H and O–H groups in total. The van der Waals surface area contributed by atoms with Gasteiger partial charge in [0.05, 0.1) is 6.07 Å². The Kier molecular flexibility index (Phi) is 5.47. The number of nitrogens with two attached hydrogens (primary N) is 1. The van der Waals surface area contributed by atoms with E-state index >= 15 is 0 Å². The highest BCUT2D eigenvalue weighted by Crippen LogP contribution is 2.27. The van der Waals surface area contributed by atoms with E-state index in [4.69, 9.17) is 11.0 Å². The third-order valence-electron chi connectivity index (χ3n) is 3.17. The lowest BCUT2D eigenvalue weighted by Gasteiger charge is -2.15. The van der Waals surface area contributed by atoms with Gasteiger partial charge in [0.1, 0.15) is 6.04 Å². The molecule has 17 heavy (non-hydrogen) atoms. The molecule has 0 aromatic carbocycles. The zero-order chi connectivity index (χ0) is 12.7. The molecule has 1 fully saturated rings. The first-order valence-electron chi connectivity index (χ1n) is 6.09. The average molecular weight is 237 g/mol. The zero-order valence-electron chi connectivity index (χ0n) is 9.95. The van der Waals surface area contributed by atoms with Crippen molar-refractivity contribution < 1.29 is 9.59 Å². The fourth-order valence-corrected chi connectivity index (χ4v) is 2.22. The molecule has 0 heterocycles. The monoisotopic (exact) mass is 237 g/mol. The van der Waals surface area contributed by atoms with Crippen LogP contribution in [0.15, 0.2) is 0 Å². The number of nitrogens with zero attached hydrogens (tertiary/aromatic N) is 1. The van der Waals surface area contributed by atoms with E-state index in [0.29, 0.717) is 18.8 Å². The van der Waals surface area contributed by atoms with Gasteiger partial charge in [0, 0.05) is 12.8 Å². The van der Waals surface area contributed by atoms with E-state index in [1.807, 2.05) is 6.07 Å². The summed E-state index contributed by atoms with van der Waals surface area (Å²) in [7, 11) is 0. The van der Waals surface area contributed by atoms with Crippen molar-refractivity contribution in [3.8, 4) is 6.07 Å². The van der Waals surface area contributed by atoms with Gasteiger partial charge in [-0.15, -0.1) is 0 Å². The first-order valence-corrected chi connectivity index (χ1v) is 6.09. The molecule has 0 aromatic heterocycles. The van der Waals surface area contributed by atoms with Crippen LogP contribution in [0, 0.1) is 17.2 Å². The summed E-state index contributed by atoms with van der Waals surface area (Å²) in [5, 5.41) is 11.1. The molecule has 1 saturated carbocycles. The normalized spacial score (nSPS) is 17.4. The Hall–Kier alpha value is -1.57. The Balaban J connectivity index is 2.35. The summed E-state index contributed by atoms with van der Waals surface area (Å²) >= 11 is 0. The Labute approximate surface area is 101 Å². The summed E-state index contributed by atoms with van der Waals surface area (Å²) in [5.41, 5.74) is 5.17. The van der Waals surface area contributed by atoms with Crippen LogP contribution in [-0.2, 0) is 9.59 Å². The van der Waals surface area contributed by atoms with Crippen molar-refractivity contribution in [3.63, 3.8) is 0 Å². The van der Waals surface area contributed by atoms with Crippen molar-refractivity contribution in [3.05, 3.63) is 0 Å². The lowest BCUT2D eigenvalue weighted by atomic mass is 10.0. The standard InChI is InChI=1S/C12H19N3O2/c13-7-3-6-10(12(14)17)15-11(16)8-9-4-1-2-5-9/h9-10H,1-6,8H2,(H2,14,17)(H,15,16)/t10-/m1/s1. The van der Waals surface area contributed by atoms with E-state index < -0.39 is 11.9 Å². The lowest BCUT2D eigenvalue weighted by molar-refractivity contribution is -0.128. The fraction of sp³-hybridized carbons (Fsp3) is 0.750. The van der Waals surface area contributed by atoms with E-state index in [2.05, 4.69) is 5.32 Å². The maximum atomic E-state index is 11.7. The number of amides is 2. The van der Waals surface area contributed by atoms with Crippen LogP contribution in [-0.4, -0.2) is 17.9 Å². The number of nitrogens with one attached hydrogen (secondary N) is 1. The van der Waals surface area contributed by atoms with Crippen molar-refractivity contribution in [1.29, 1.82) is 5.26 Å². The van der Waals surface area contributed by atoms with Gasteiger partial charge in [0.25, 0.3) is 0 Å². The number of carbonyl (C=O) groups is 2. The van der Waals surface area contributed by atoms with Crippen molar-refractivity contribution in [2.24, 2.45) is 11.7 Å². The third kappa shape index (κ3) is 4.85. The van der Waals surface area contributed by atoms with Crippen LogP contribution in [0.2, 0.25) is 0 Å². The highest BCUT2D eigenvalue weighted by Gasteiger charge is 2.22. The van der Waals surface area contributed by atoms with Crippen LogP contribution >= 0.6 is 0 Å². The van der Waals surface area contributed by atoms with E-state index in [-0.39, 0.29) is 12.3 Å². The minimum Gasteiger partial charge on any atom is -0.368 e. The number of carbonyl (C=O) groups excluding carboxylic acids is 2. The molecule has 0 aromatic rings. The molecule has 0 saturated heterocycles. The second-order valence-electron chi connectivity index (χ2n) is 4.57. The molecular formula is C12H19N3O2. The lowest BCUT2D eigenvalue weighted by Crippen LogP contribution is -2.44. The zero-order valence-corrected chi connectivity index (χ0v) is 9.95. The van der Waals surface area contributed by atoms with Gasteiger partial charge >= 0.3 is 0 Å². The number of rotatable bonds is 6. The van der Waals surface area contributed by atoms with Crippen molar-refractivity contribution in [1.82, 2.24) is 5.32 Å². The molecule has 0 radical (unpaired) electrons. The van der Waals surface area contributed by atoms with Crippen LogP contribution in [0.4, 0.5) is 0 Å². The fourth-order valence-electron chi connectivity index (χ4n) is 2.22. The summed E-state index contributed by atoms with van der Waals surface area (Å²) in [6.45, 7) is 0. The van der Waals surface area contributed by atoms with Gasteiger partial charge in [-0.2, -0.15) is 5.26 Å². The second kappa shape index (κ2) is 6.89. The van der Waals surface area contributed by atoms with Gasteiger partial charge in [0.2, 0.25) is 11.8 Å². The molecule has 5 nitrogen and oxygen atoms in total. The van der Waals surface area contributed by atoms with Gasteiger partial charge in [-0.1, -0.05) is 12.8 Å². The van der Waals surface area contributed by atoms with Crippen LogP contribution < -0.4 is 11.1 Å². The van der Waals surface area contributed by atoms with E-state index in [1.165, 1.54) is 12.8 Å². The number of hydrogen-bond acceptors (Lipinski definition) is 3. The smallest absolute Gasteiger partial charge is 0.240 e. The first-order chi connectivity index (χ1) is 8.13. The third-order valence-corrected chi connectivity index (χ3v) is 3.17. The largest absolute Gasteiger partial charge is 0.368 e. The number of hydrogen-bond donors (Lipinski definition) is 2. The molecule has 94 valence electrons. The van der Waals surface area contributed by atoms with Gasteiger partial charge in [-0.25, -0.2) is 0 Å². The number of nitriles is 1. The molecule has 0 spiro atoms. The van der Waals surface area contributed by atoms with Gasteiger partial charge in [-0.05, 0) is 25.2 Å². The number of primary amides is 1. The molecule has 0 unspecified atom stereocenters. The van der Waals surface area contributed by atoms with Crippen LogP contribution in [0.25, 0.3) is 0 Å². The predicted molar refractivity (Wildman–Crippen MR) is 62.5 cm³/mol. The topological polar surface area (TPSA) is 96.0 Å². The SMILES string of the molecule is N#CCC[C@@H](NC(=O)CC1CCCC1)C(N)=O. The summed E-state index contributed by atoms with van der Waals surface area (Å²) in [6.07, 6.45) is 5.53. The van der Waals surface area contributed by atoms with Gasteiger partial charge < -0.3 is 11.1 Å². The van der Waals surface area contributed by atoms with Crippen LogP contribution in [0.3, 0.4) is 0 Å². The summed E-state index contributed by atoms with van der Waals surface area (Å²) in [4.78, 5) is 22.8. The molecular weight excluding hydrogens is 218 g/mol. The average Bonchev–Trinajstić information content (AvgIpc) is 2.76. The summed E-state index contributed by atoms with van der Waals surface area (Å²) in [5.74, 6) is -0.252. The Morgan fingerprint density at radius 2 is 2.06 bits per heavy atom. The highest BCUT2D eigenvalue weighted by molar-refractivity contribution is 5.86. The molecule has 1 aliphatic carbocycles. The van der Waals surface area contributed by atoms with Crippen molar-refractivity contribution >= 4 is 11.8 Å². The molecule has 2 amide bonds. The quantitative estimate of drug-likeness (QED) is 0.716. The molecule has 1 atom stereocenters. The summed E-state index contributed by atoms with van der Waals surface area (Å²) < 4.78 is 0. The Morgan fingerprint density at radius 3 is 2.59 bits per heavy atom. The molecule has 0 bridgehead atoms. The van der Waals surface area contributed by atoms with Crippen molar-refractivity contribution in [2.75, 3.05) is 0 Å². The van der Waals surface area contributed by atoms with Crippen LogP contribution in [0.1, 0.15) is 44.9 Å². The second-order valence-corrected chi connectivity index (χ2v) is 4.57. The van der Waals surface area contributed by atoms with Gasteiger partial charge in [0.15, 0.2) is 0 Å². The van der Waals surface area contributed by atoms with Crippen LogP contribution in [0.5, 0.6) is 0 Å². The van der Waals surface area contributed by atoms with E-state index in [9.17, 15) is 9.59 Å². The van der Waals surface area contributed by atoms with Crippen molar-refractivity contribution in [2.45, 2.75) is 51.0 Å². The summed E-state index contributed by atoms with van der Waals surface area (Å²) in [6, 6.07) is 1.24. The predicted octanol–water partition coefficient (Wildman–Crippen LogP) is 0.841. The minimum atomic E-state index is -0.705. The van der Waals surface area contributed by atoms with E-state index in [0.717, 1.165) is 12.8 Å². The van der Waals surface area contributed by atoms with E-state index in [1.54, 1.807) is 0 Å². The molecule has 0 aliphatic heterocycles. The van der Waals surface area contributed by atoms with Gasteiger partial charge in [-0.3, -0.25) is 9.59 Å². The maximum Gasteiger partial charge on any atom is 0.240 e. The first kappa shape index (κ1) is 13.5. The maximum absolute atomic E-state index is 11.7.